The highest BCUT2D eigenvalue weighted by atomic mass is 35.5. The largest absolute Gasteiger partial charge is 0.478 e. The summed E-state index contributed by atoms with van der Waals surface area (Å²) in [4.78, 5) is 27.2. The number of carboxylic acid groups (broad SMARTS) is 1. The lowest BCUT2D eigenvalue weighted by Gasteiger charge is -2.07. The van der Waals surface area contributed by atoms with Gasteiger partial charge in [0.25, 0.3) is 0 Å². The van der Waals surface area contributed by atoms with Gasteiger partial charge in [0.2, 0.25) is 5.91 Å². The maximum atomic E-state index is 11.8. The number of nitrogens with one attached hydrogen (secondary N) is 1. The van der Waals surface area contributed by atoms with Gasteiger partial charge in [-0.2, -0.15) is 0 Å². The molecule has 21 heavy (non-hydrogen) atoms. The van der Waals surface area contributed by atoms with Gasteiger partial charge in [0.15, 0.2) is 0 Å². The number of aromatic nitrogens is 1. The zero-order valence-corrected chi connectivity index (χ0v) is 12.5. The summed E-state index contributed by atoms with van der Waals surface area (Å²) in [6.07, 6.45) is 2.85. The minimum Gasteiger partial charge on any atom is -0.478 e. The number of benzene rings is 1. The number of nitrogens with zero attached hydrogens (tertiary/aromatic N) is 1. The molecule has 0 unspecified atom stereocenters. The van der Waals surface area contributed by atoms with Crippen molar-refractivity contribution in [3.8, 4) is 0 Å². The zero-order valence-electron chi connectivity index (χ0n) is 11.0. The molecule has 2 aromatic rings. The molecule has 0 aliphatic rings. The monoisotopic (exact) mass is 322 g/mol. The number of carboxylic acids is 1. The number of anilines is 1. The first-order valence-corrected chi connectivity index (χ1v) is 7.16. The molecule has 0 fully saturated rings. The Hall–Kier alpha value is -2.18. The minimum absolute atomic E-state index is 0.0689. The molecular weight excluding hydrogens is 312 g/mol. The van der Waals surface area contributed by atoms with E-state index in [1.165, 1.54) is 29.5 Å². The predicted molar refractivity (Wildman–Crippen MR) is 82.9 cm³/mol. The van der Waals surface area contributed by atoms with Crippen LogP contribution in [0.1, 0.15) is 21.1 Å². The molecule has 2 rings (SSSR count). The summed E-state index contributed by atoms with van der Waals surface area (Å²) >= 11 is 7.30. The Morgan fingerprint density at radius 2 is 2.19 bits per heavy atom. The number of thiazole rings is 1. The fraction of sp³-hybridized carbons (Fsp3) is 0.0714. The zero-order chi connectivity index (χ0) is 15.4. The second-order valence-electron chi connectivity index (χ2n) is 4.08. The fourth-order valence-corrected chi connectivity index (χ4v) is 2.47. The van der Waals surface area contributed by atoms with E-state index in [4.69, 9.17) is 16.7 Å². The van der Waals surface area contributed by atoms with Crippen LogP contribution >= 0.6 is 22.9 Å². The third-order valence-electron chi connectivity index (χ3n) is 2.53. The molecule has 0 saturated carbocycles. The van der Waals surface area contributed by atoms with Gasteiger partial charge >= 0.3 is 5.97 Å². The van der Waals surface area contributed by atoms with E-state index in [9.17, 15) is 9.59 Å². The summed E-state index contributed by atoms with van der Waals surface area (Å²) in [5, 5.41) is 14.4. The van der Waals surface area contributed by atoms with Gasteiger partial charge in [0.05, 0.1) is 21.4 Å². The van der Waals surface area contributed by atoms with Crippen molar-refractivity contribution in [1.29, 1.82) is 0 Å². The highest BCUT2D eigenvalue weighted by molar-refractivity contribution is 7.09. The number of carbonyl (C=O) groups excluding carboxylic acids is 1. The van der Waals surface area contributed by atoms with Gasteiger partial charge in [-0.05, 0) is 25.1 Å². The molecule has 1 aromatic carbocycles. The van der Waals surface area contributed by atoms with Crippen molar-refractivity contribution in [1.82, 2.24) is 4.98 Å². The molecule has 1 heterocycles. The first kappa shape index (κ1) is 15.2. The number of rotatable bonds is 4. The van der Waals surface area contributed by atoms with Gasteiger partial charge in [0.1, 0.15) is 5.56 Å². The summed E-state index contributed by atoms with van der Waals surface area (Å²) in [5.74, 6) is -1.65. The van der Waals surface area contributed by atoms with Crippen LogP contribution in [0.2, 0.25) is 5.02 Å². The summed E-state index contributed by atoms with van der Waals surface area (Å²) in [7, 11) is 0. The van der Waals surface area contributed by atoms with Crippen molar-refractivity contribution >= 4 is 46.6 Å². The van der Waals surface area contributed by atoms with Crippen molar-refractivity contribution in [3.63, 3.8) is 0 Å². The number of halogens is 1. The molecule has 1 aromatic heterocycles. The first-order valence-electron chi connectivity index (χ1n) is 5.90. The van der Waals surface area contributed by atoms with Crippen LogP contribution in [0.3, 0.4) is 0 Å². The molecule has 2 N–H and O–H groups in total. The van der Waals surface area contributed by atoms with Crippen LogP contribution < -0.4 is 5.32 Å². The quantitative estimate of drug-likeness (QED) is 0.845. The second-order valence-corrected chi connectivity index (χ2v) is 5.55. The number of hydrogen-bond acceptors (Lipinski definition) is 4. The van der Waals surface area contributed by atoms with E-state index in [0.717, 1.165) is 5.01 Å². The summed E-state index contributed by atoms with van der Waals surface area (Å²) in [5.41, 5.74) is 0.696. The van der Waals surface area contributed by atoms with Gasteiger partial charge in [-0.25, -0.2) is 9.78 Å². The number of carbonyl (C=O) groups is 2. The van der Waals surface area contributed by atoms with Crippen molar-refractivity contribution < 1.29 is 14.7 Å². The minimum atomic E-state index is -1.20. The molecule has 0 aliphatic heterocycles. The van der Waals surface area contributed by atoms with E-state index in [2.05, 4.69) is 10.3 Å². The van der Waals surface area contributed by atoms with Crippen LogP contribution in [0.25, 0.3) is 6.08 Å². The average molecular weight is 323 g/mol. The molecule has 108 valence electrons. The standard InChI is InChI=1S/C14H11ClN2O3S/c1-8-16-9(7-21-8)5-6-12(18)17-11-4-2-3-10(15)13(11)14(19)20/h2-7H,1H3,(H,17,18)(H,19,20). The topological polar surface area (TPSA) is 79.3 Å². The van der Waals surface area contributed by atoms with Gasteiger partial charge in [-0.3, -0.25) is 4.79 Å². The fourth-order valence-electron chi connectivity index (χ4n) is 1.64. The molecular formula is C14H11ClN2O3S. The summed E-state index contributed by atoms with van der Waals surface area (Å²) in [6.45, 7) is 1.87. The van der Waals surface area contributed by atoms with Crippen LogP contribution in [0.5, 0.6) is 0 Å². The van der Waals surface area contributed by atoms with E-state index in [-0.39, 0.29) is 16.3 Å². The van der Waals surface area contributed by atoms with Gasteiger partial charge < -0.3 is 10.4 Å². The normalized spacial score (nSPS) is 10.8. The Labute approximate surface area is 129 Å². The Kier molecular flexibility index (Phi) is 4.72. The molecule has 0 spiro atoms. The third kappa shape index (κ3) is 3.90. The van der Waals surface area contributed by atoms with E-state index in [0.29, 0.717) is 5.69 Å². The lowest BCUT2D eigenvalue weighted by Crippen LogP contribution is -2.12. The maximum absolute atomic E-state index is 11.8. The smallest absolute Gasteiger partial charge is 0.339 e. The molecule has 0 bridgehead atoms. The van der Waals surface area contributed by atoms with Crippen LogP contribution in [0, 0.1) is 6.92 Å². The Balaban J connectivity index is 2.15. The van der Waals surface area contributed by atoms with E-state index < -0.39 is 11.9 Å². The Bertz CT molecular complexity index is 725. The van der Waals surface area contributed by atoms with Crippen molar-refractivity contribution in [3.05, 3.63) is 50.9 Å². The number of aryl methyl sites for hydroxylation is 1. The third-order valence-corrected chi connectivity index (χ3v) is 3.63. The van der Waals surface area contributed by atoms with E-state index in [1.54, 1.807) is 12.1 Å². The Morgan fingerprint density at radius 3 is 2.81 bits per heavy atom. The Morgan fingerprint density at radius 1 is 1.43 bits per heavy atom. The number of aromatic carboxylic acids is 1. The summed E-state index contributed by atoms with van der Waals surface area (Å²) < 4.78 is 0. The SMILES string of the molecule is Cc1nc(C=CC(=O)Nc2cccc(Cl)c2C(=O)O)cs1. The van der Waals surface area contributed by atoms with Gasteiger partial charge in [-0.1, -0.05) is 17.7 Å². The van der Waals surface area contributed by atoms with Crippen LogP contribution in [-0.2, 0) is 4.79 Å². The van der Waals surface area contributed by atoms with Crippen LogP contribution in [0.15, 0.2) is 29.7 Å². The molecule has 1 amide bonds. The van der Waals surface area contributed by atoms with Crippen molar-refractivity contribution in [2.45, 2.75) is 6.92 Å². The second kappa shape index (κ2) is 6.51. The van der Waals surface area contributed by atoms with Crippen molar-refractivity contribution in [2.24, 2.45) is 0 Å². The molecule has 0 atom stereocenters. The lowest BCUT2D eigenvalue weighted by molar-refractivity contribution is -0.111. The first-order chi connectivity index (χ1) is 9.97. The average Bonchev–Trinajstić information content (AvgIpc) is 2.82. The number of amides is 1. The maximum Gasteiger partial charge on any atom is 0.339 e. The predicted octanol–water partition coefficient (Wildman–Crippen LogP) is 3.46. The highest BCUT2D eigenvalue weighted by Gasteiger charge is 2.15. The van der Waals surface area contributed by atoms with Crippen LogP contribution in [0.4, 0.5) is 5.69 Å². The molecule has 5 nitrogen and oxygen atoms in total. The molecule has 0 radical (unpaired) electrons. The van der Waals surface area contributed by atoms with E-state index >= 15 is 0 Å². The van der Waals surface area contributed by atoms with E-state index in [1.807, 2.05) is 12.3 Å². The van der Waals surface area contributed by atoms with Crippen LogP contribution in [-0.4, -0.2) is 22.0 Å². The van der Waals surface area contributed by atoms with Gasteiger partial charge in [-0.15, -0.1) is 11.3 Å². The van der Waals surface area contributed by atoms with Crippen molar-refractivity contribution in [2.75, 3.05) is 5.32 Å². The molecule has 0 aliphatic carbocycles. The molecule has 7 heteroatoms. The van der Waals surface area contributed by atoms with Gasteiger partial charge in [0, 0.05) is 11.5 Å². The lowest BCUT2D eigenvalue weighted by atomic mass is 10.1. The number of hydrogen-bond donors (Lipinski definition) is 2. The highest BCUT2D eigenvalue weighted by Crippen LogP contribution is 2.24. The summed E-state index contributed by atoms with van der Waals surface area (Å²) in [6, 6.07) is 4.50. The molecule has 0 saturated heterocycles.